The number of aromatic nitrogens is 1. The third-order valence-electron chi connectivity index (χ3n) is 5.38. The predicted octanol–water partition coefficient (Wildman–Crippen LogP) is 4.22. The predicted molar refractivity (Wildman–Crippen MR) is 118 cm³/mol. The Morgan fingerprint density at radius 2 is 1.69 bits per heavy atom. The Labute approximate surface area is 175 Å². The van der Waals surface area contributed by atoms with Crippen molar-refractivity contribution in [3.8, 4) is 5.75 Å². The lowest BCUT2D eigenvalue weighted by Gasteiger charge is -2.32. The topological polar surface area (TPSA) is 60.8 Å². The van der Waals surface area contributed by atoms with Crippen molar-refractivity contribution in [2.45, 2.75) is 72.2 Å². The van der Waals surface area contributed by atoms with Gasteiger partial charge in [0.1, 0.15) is 5.75 Å². The molecule has 0 saturated carbocycles. The second kappa shape index (κ2) is 9.74. The molecule has 2 aromatic rings. The van der Waals surface area contributed by atoms with Crippen molar-refractivity contribution >= 4 is 12.6 Å². The van der Waals surface area contributed by atoms with Crippen LogP contribution < -0.4 is 10.2 Å². The van der Waals surface area contributed by atoms with Crippen molar-refractivity contribution in [2.24, 2.45) is 0 Å². The number of nitrogens with zero attached hydrogens (tertiary/aromatic N) is 1. The third kappa shape index (κ3) is 5.59. The molecule has 0 amide bonds. The van der Waals surface area contributed by atoms with Gasteiger partial charge in [0.15, 0.2) is 0 Å². The van der Waals surface area contributed by atoms with Crippen LogP contribution >= 0.6 is 0 Å². The van der Waals surface area contributed by atoms with Gasteiger partial charge in [-0.15, -0.1) is 0 Å². The molecule has 0 spiro atoms. The fraction of sp³-hybridized carbons (Fsp3) is 0.522. The molecule has 29 heavy (non-hydrogen) atoms. The largest absolute Gasteiger partial charge is 0.494 e. The average molecular weight is 399 g/mol. The van der Waals surface area contributed by atoms with E-state index in [0.29, 0.717) is 13.0 Å². The van der Waals surface area contributed by atoms with Gasteiger partial charge in [-0.1, -0.05) is 32.0 Å². The zero-order valence-corrected chi connectivity index (χ0v) is 18.7. The highest BCUT2D eigenvalue weighted by molar-refractivity contribution is 6.62. The minimum Gasteiger partial charge on any atom is -0.493 e. The van der Waals surface area contributed by atoms with Crippen LogP contribution in [-0.2, 0) is 9.31 Å². The number of rotatable bonds is 1. The standard InChI is InChI=1S/C15H21BO4.C6H7N.C2H6/c1-14(2)15(3,4)20-16(19-14)10-5-6-11-12(17)7-8-18-13(11)9-10;1-6-4-2-3-5-7-6;1-2/h5-6,9,12,17H,7-8H2,1-4H3;2-5H,1H3;1-2H3. The van der Waals surface area contributed by atoms with Crippen LogP contribution in [0, 0.1) is 6.92 Å². The highest BCUT2D eigenvalue weighted by Crippen LogP contribution is 2.37. The van der Waals surface area contributed by atoms with E-state index in [2.05, 4.69) is 4.98 Å². The molecular formula is C23H34BNO4. The molecule has 4 rings (SSSR count). The zero-order chi connectivity index (χ0) is 21.7. The van der Waals surface area contributed by atoms with Crippen LogP contribution in [0.15, 0.2) is 42.6 Å². The lowest BCUT2D eigenvalue weighted by atomic mass is 9.78. The number of aryl methyl sites for hydroxylation is 1. The summed E-state index contributed by atoms with van der Waals surface area (Å²) in [6.07, 6.45) is 1.99. The van der Waals surface area contributed by atoms with Crippen molar-refractivity contribution in [1.29, 1.82) is 0 Å². The molecule has 0 aliphatic carbocycles. The summed E-state index contributed by atoms with van der Waals surface area (Å²) in [6, 6.07) is 11.6. The molecule has 5 nitrogen and oxygen atoms in total. The number of aliphatic hydroxyl groups excluding tert-OH is 1. The average Bonchev–Trinajstić information content (AvgIpc) is 2.92. The Bertz CT molecular complexity index is 764. The zero-order valence-electron chi connectivity index (χ0n) is 18.7. The molecule has 1 N–H and O–H groups in total. The molecule has 1 saturated heterocycles. The summed E-state index contributed by atoms with van der Waals surface area (Å²) in [5.74, 6) is 0.732. The summed E-state index contributed by atoms with van der Waals surface area (Å²) in [6.45, 7) is 14.6. The lowest BCUT2D eigenvalue weighted by molar-refractivity contribution is 0.00578. The Hall–Kier alpha value is -1.89. The highest BCUT2D eigenvalue weighted by atomic mass is 16.7. The van der Waals surface area contributed by atoms with E-state index in [1.54, 1.807) is 6.20 Å². The molecule has 1 aromatic heterocycles. The molecule has 1 aromatic carbocycles. The van der Waals surface area contributed by atoms with E-state index in [1.165, 1.54) is 0 Å². The van der Waals surface area contributed by atoms with E-state index in [4.69, 9.17) is 14.0 Å². The van der Waals surface area contributed by atoms with E-state index in [1.807, 2.05) is 84.9 Å². The lowest BCUT2D eigenvalue weighted by Crippen LogP contribution is -2.41. The van der Waals surface area contributed by atoms with Gasteiger partial charge in [-0.2, -0.15) is 0 Å². The van der Waals surface area contributed by atoms with Crippen molar-refractivity contribution < 1.29 is 19.2 Å². The summed E-state index contributed by atoms with van der Waals surface area (Å²) in [5.41, 5.74) is 2.14. The van der Waals surface area contributed by atoms with Gasteiger partial charge in [0.2, 0.25) is 0 Å². The number of fused-ring (bicyclic) bond motifs is 1. The van der Waals surface area contributed by atoms with Gasteiger partial charge in [0.25, 0.3) is 0 Å². The molecule has 0 radical (unpaired) electrons. The monoisotopic (exact) mass is 399 g/mol. The maximum atomic E-state index is 9.94. The number of hydrogen-bond acceptors (Lipinski definition) is 5. The normalized spacial score (nSPS) is 21.0. The molecule has 6 heteroatoms. The van der Waals surface area contributed by atoms with Crippen LogP contribution in [0.3, 0.4) is 0 Å². The van der Waals surface area contributed by atoms with Crippen LogP contribution in [0.4, 0.5) is 0 Å². The second-order valence-corrected chi connectivity index (χ2v) is 8.01. The number of benzene rings is 1. The van der Waals surface area contributed by atoms with Crippen LogP contribution in [0.2, 0.25) is 0 Å². The van der Waals surface area contributed by atoms with E-state index < -0.39 is 13.2 Å². The van der Waals surface area contributed by atoms with E-state index in [9.17, 15) is 5.11 Å². The van der Waals surface area contributed by atoms with Crippen molar-refractivity contribution in [2.75, 3.05) is 6.61 Å². The molecule has 1 fully saturated rings. The quantitative estimate of drug-likeness (QED) is 0.728. The molecular weight excluding hydrogens is 365 g/mol. The third-order valence-corrected chi connectivity index (χ3v) is 5.38. The van der Waals surface area contributed by atoms with Crippen LogP contribution in [0.5, 0.6) is 5.75 Å². The highest BCUT2D eigenvalue weighted by Gasteiger charge is 2.51. The molecule has 1 unspecified atom stereocenters. The summed E-state index contributed by atoms with van der Waals surface area (Å²) < 4.78 is 17.7. The first-order chi connectivity index (χ1) is 13.7. The number of pyridine rings is 1. The van der Waals surface area contributed by atoms with Gasteiger partial charge >= 0.3 is 7.12 Å². The minimum absolute atomic E-state index is 0.353. The van der Waals surface area contributed by atoms with E-state index in [0.717, 1.165) is 22.5 Å². The van der Waals surface area contributed by atoms with Crippen LogP contribution in [0.25, 0.3) is 0 Å². The van der Waals surface area contributed by atoms with Crippen molar-refractivity contribution in [3.05, 3.63) is 53.9 Å². The Morgan fingerprint density at radius 3 is 2.21 bits per heavy atom. The first kappa shape index (κ1) is 23.4. The van der Waals surface area contributed by atoms with Gasteiger partial charge in [-0.25, -0.2) is 0 Å². The maximum Gasteiger partial charge on any atom is 0.494 e. The number of aliphatic hydroxyl groups is 1. The SMILES string of the molecule is CC.CC1(C)OB(c2ccc3c(c2)OCCC3O)OC1(C)C.Cc1ccccn1. The molecule has 158 valence electrons. The van der Waals surface area contributed by atoms with Gasteiger partial charge in [-0.3, -0.25) is 4.98 Å². The van der Waals surface area contributed by atoms with Crippen LogP contribution in [-0.4, -0.2) is 35.0 Å². The first-order valence-electron chi connectivity index (χ1n) is 10.4. The first-order valence-corrected chi connectivity index (χ1v) is 10.4. The number of hydrogen-bond donors (Lipinski definition) is 1. The van der Waals surface area contributed by atoms with Gasteiger partial charge in [0, 0.05) is 23.9 Å². The van der Waals surface area contributed by atoms with E-state index in [-0.39, 0.29) is 11.2 Å². The van der Waals surface area contributed by atoms with Gasteiger partial charge in [0.05, 0.1) is 23.9 Å². The molecule has 2 aliphatic heterocycles. The summed E-state index contributed by atoms with van der Waals surface area (Å²) in [5, 5.41) is 9.94. The smallest absolute Gasteiger partial charge is 0.493 e. The molecule has 3 heterocycles. The molecule has 1 atom stereocenters. The minimum atomic E-state index is -0.439. The van der Waals surface area contributed by atoms with Gasteiger partial charge < -0.3 is 19.2 Å². The number of ether oxygens (including phenoxy) is 1. The van der Waals surface area contributed by atoms with Crippen molar-refractivity contribution in [3.63, 3.8) is 0 Å². The van der Waals surface area contributed by atoms with Crippen LogP contribution in [0.1, 0.15) is 65.3 Å². The summed E-state index contributed by atoms with van der Waals surface area (Å²) in [4.78, 5) is 3.98. The summed E-state index contributed by atoms with van der Waals surface area (Å²) >= 11 is 0. The second-order valence-electron chi connectivity index (χ2n) is 8.01. The Morgan fingerprint density at radius 1 is 1.03 bits per heavy atom. The summed E-state index contributed by atoms with van der Waals surface area (Å²) in [7, 11) is -0.395. The fourth-order valence-corrected chi connectivity index (χ4v) is 2.96. The molecule has 2 aliphatic rings. The van der Waals surface area contributed by atoms with Crippen molar-refractivity contribution in [1.82, 2.24) is 4.98 Å². The van der Waals surface area contributed by atoms with E-state index >= 15 is 0 Å². The Kier molecular flexibility index (Phi) is 7.86. The fourth-order valence-electron chi connectivity index (χ4n) is 2.96. The maximum absolute atomic E-state index is 9.94. The molecule has 0 bridgehead atoms. The van der Waals surface area contributed by atoms with Gasteiger partial charge in [-0.05, 0) is 58.3 Å². The Balaban J connectivity index is 0.000000280.